The van der Waals surface area contributed by atoms with E-state index < -0.39 is 11.7 Å². The van der Waals surface area contributed by atoms with Gasteiger partial charge in [0.05, 0.1) is 17.9 Å². The smallest absolute Gasteiger partial charge is 0.288 e. The first-order chi connectivity index (χ1) is 13.1. The summed E-state index contributed by atoms with van der Waals surface area (Å²) in [6.07, 6.45) is 2.58. The fourth-order valence-corrected chi connectivity index (χ4v) is 2.87. The highest BCUT2D eigenvalue weighted by Crippen LogP contribution is 2.26. The Bertz CT molecular complexity index is 1130. The minimum atomic E-state index is -0.433. The fourth-order valence-electron chi connectivity index (χ4n) is 2.87. The van der Waals surface area contributed by atoms with Crippen LogP contribution in [0.15, 0.2) is 48.9 Å². The standard InChI is InChI=1S/C18H14F2N6O/c1-21-18(27)17-22-10-23-26(17)9-14-16(11-2-4-12(19)5-3-11)24-15-7-6-13(20)8-25(14)15/h2-8,10H,9H2,1H3,(H,21,27). The van der Waals surface area contributed by atoms with Crippen LogP contribution in [0.1, 0.15) is 16.3 Å². The van der Waals surface area contributed by atoms with Crippen LogP contribution in [-0.2, 0) is 6.54 Å². The van der Waals surface area contributed by atoms with Gasteiger partial charge in [0.15, 0.2) is 0 Å². The molecule has 1 aromatic carbocycles. The third-order valence-corrected chi connectivity index (χ3v) is 4.14. The maximum absolute atomic E-state index is 13.8. The van der Waals surface area contributed by atoms with Gasteiger partial charge in [-0.15, -0.1) is 0 Å². The summed E-state index contributed by atoms with van der Waals surface area (Å²) in [5.74, 6) is -1.07. The van der Waals surface area contributed by atoms with Gasteiger partial charge in [0.2, 0.25) is 5.82 Å². The van der Waals surface area contributed by atoms with Crippen molar-refractivity contribution in [2.75, 3.05) is 7.05 Å². The number of hydrogen-bond acceptors (Lipinski definition) is 4. The molecule has 0 unspecified atom stereocenters. The van der Waals surface area contributed by atoms with Crippen molar-refractivity contribution in [2.45, 2.75) is 6.54 Å². The molecule has 3 heterocycles. The predicted molar refractivity (Wildman–Crippen MR) is 93.1 cm³/mol. The Morgan fingerprint density at radius 1 is 1.11 bits per heavy atom. The Hall–Kier alpha value is -3.62. The van der Waals surface area contributed by atoms with Crippen LogP contribution < -0.4 is 5.32 Å². The van der Waals surface area contributed by atoms with Crippen molar-refractivity contribution in [1.29, 1.82) is 0 Å². The molecule has 0 atom stereocenters. The maximum atomic E-state index is 13.8. The summed E-state index contributed by atoms with van der Waals surface area (Å²) in [5.41, 5.74) is 2.31. The van der Waals surface area contributed by atoms with Gasteiger partial charge in [-0.1, -0.05) is 0 Å². The normalized spacial score (nSPS) is 11.1. The number of imidazole rings is 1. The quantitative estimate of drug-likeness (QED) is 0.600. The molecule has 3 aromatic heterocycles. The molecule has 9 heteroatoms. The van der Waals surface area contributed by atoms with Gasteiger partial charge < -0.3 is 5.32 Å². The van der Waals surface area contributed by atoms with E-state index in [0.29, 0.717) is 22.6 Å². The second-order valence-corrected chi connectivity index (χ2v) is 5.81. The summed E-state index contributed by atoms with van der Waals surface area (Å²) in [6, 6.07) is 8.71. The molecule has 1 amide bonds. The highest BCUT2D eigenvalue weighted by molar-refractivity contribution is 5.90. The third kappa shape index (κ3) is 3.03. The average molecular weight is 368 g/mol. The van der Waals surface area contributed by atoms with Gasteiger partial charge in [-0.05, 0) is 36.4 Å². The molecule has 0 aliphatic rings. The highest BCUT2D eigenvalue weighted by atomic mass is 19.1. The summed E-state index contributed by atoms with van der Waals surface area (Å²) < 4.78 is 30.1. The number of nitrogens with zero attached hydrogens (tertiary/aromatic N) is 5. The topological polar surface area (TPSA) is 77.1 Å². The van der Waals surface area contributed by atoms with Crippen LogP contribution in [0.25, 0.3) is 16.9 Å². The van der Waals surface area contributed by atoms with E-state index in [0.717, 1.165) is 0 Å². The molecular weight excluding hydrogens is 354 g/mol. The lowest BCUT2D eigenvalue weighted by molar-refractivity contribution is 0.0947. The van der Waals surface area contributed by atoms with Crippen LogP contribution in [0.3, 0.4) is 0 Å². The van der Waals surface area contributed by atoms with E-state index in [2.05, 4.69) is 20.4 Å². The zero-order chi connectivity index (χ0) is 19.0. The third-order valence-electron chi connectivity index (χ3n) is 4.14. The molecule has 4 rings (SSSR count). The molecule has 0 saturated carbocycles. The molecule has 27 heavy (non-hydrogen) atoms. The van der Waals surface area contributed by atoms with E-state index in [9.17, 15) is 13.6 Å². The van der Waals surface area contributed by atoms with Gasteiger partial charge in [0.25, 0.3) is 5.91 Å². The molecule has 0 aliphatic carbocycles. The number of carbonyl (C=O) groups is 1. The molecule has 0 bridgehead atoms. The van der Waals surface area contributed by atoms with E-state index in [1.807, 2.05) is 0 Å². The van der Waals surface area contributed by atoms with Crippen LogP contribution in [0, 0.1) is 11.6 Å². The van der Waals surface area contributed by atoms with Crippen LogP contribution in [0.5, 0.6) is 0 Å². The Morgan fingerprint density at radius 3 is 2.59 bits per heavy atom. The summed E-state index contributed by atoms with van der Waals surface area (Å²) in [6.45, 7) is 0.125. The van der Waals surface area contributed by atoms with Gasteiger partial charge in [0, 0.05) is 18.8 Å². The fraction of sp³-hybridized carbons (Fsp3) is 0.111. The lowest BCUT2D eigenvalue weighted by atomic mass is 10.1. The Morgan fingerprint density at radius 2 is 1.85 bits per heavy atom. The lowest BCUT2D eigenvalue weighted by Gasteiger charge is -2.08. The first-order valence-electron chi connectivity index (χ1n) is 8.09. The average Bonchev–Trinajstić information content (AvgIpc) is 3.27. The summed E-state index contributed by atoms with van der Waals surface area (Å²) in [5, 5.41) is 6.59. The number of halogens is 2. The van der Waals surface area contributed by atoms with E-state index in [1.54, 1.807) is 22.6 Å². The largest absolute Gasteiger partial charge is 0.352 e. The molecule has 0 radical (unpaired) electrons. The monoisotopic (exact) mass is 368 g/mol. The van der Waals surface area contributed by atoms with E-state index in [1.165, 1.54) is 42.5 Å². The number of pyridine rings is 1. The van der Waals surface area contributed by atoms with Crippen molar-refractivity contribution >= 4 is 11.6 Å². The van der Waals surface area contributed by atoms with Crippen molar-refractivity contribution < 1.29 is 13.6 Å². The highest BCUT2D eigenvalue weighted by Gasteiger charge is 2.19. The molecular formula is C18H14F2N6O. The maximum Gasteiger partial charge on any atom is 0.288 e. The van der Waals surface area contributed by atoms with Gasteiger partial charge in [-0.2, -0.15) is 5.10 Å². The predicted octanol–water partition coefficient (Wildman–Crippen LogP) is 2.28. The van der Waals surface area contributed by atoms with Crippen molar-refractivity contribution in [3.63, 3.8) is 0 Å². The second kappa shape index (κ2) is 6.60. The molecule has 0 fully saturated rings. The van der Waals surface area contributed by atoms with Gasteiger partial charge in [-0.3, -0.25) is 9.20 Å². The molecule has 0 spiro atoms. The summed E-state index contributed by atoms with van der Waals surface area (Å²) >= 11 is 0. The van der Waals surface area contributed by atoms with E-state index in [-0.39, 0.29) is 18.2 Å². The molecule has 7 nitrogen and oxygen atoms in total. The number of fused-ring (bicyclic) bond motifs is 1. The van der Waals surface area contributed by atoms with Crippen molar-refractivity contribution in [1.82, 2.24) is 29.5 Å². The number of nitrogens with one attached hydrogen (secondary N) is 1. The van der Waals surface area contributed by atoms with Gasteiger partial charge >= 0.3 is 0 Å². The Kier molecular flexibility index (Phi) is 4.11. The minimum absolute atomic E-state index is 0.119. The number of benzene rings is 1. The molecule has 1 N–H and O–H groups in total. The van der Waals surface area contributed by atoms with Crippen LogP contribution in [0.4, 0.5) is 8.78 Å². The van der Waals surface area contributed by atoms with Gasteiger partial charge in [0.1, 0.15) is 23.6 Å². The van der Waals surface area contributed by atoms with Gasteiger partial charge in [-0.25, -0.2) is 23.4 Å². The Balaban J connectivity index is 1.89. The number of rotatable bonds is 4. The van der Waals surface area contributed by atoms with Crippen molar-refractivity contribution in [2.24, 2.45) is 0 Å². The van der Waals surface area contributed by atoms with E-state index in [4.69, 9.17) is 0 Å². The number of hydrogen-bond donors (Lipinski definition) is 1. The number of aromatic nitrogens is 5. The minimum Gasteiger partial charge on any atom is -0.352 e. The first kappa shape index (κ1) is 16.8. The van der Waals surface area contributed by atoms with Crippen LogP contribution >= 0.6 is 0 Å². The molecule has 136 valence electrons. The van der Waals surface area contributed by atoms with Crippen molar-refractivity contribution in [3.8, 4) is 11.3 Å². The second-order valence-electron chi connectivity index (χ2n) is 5.81. The summed E-state index contributed by atoms with van der Waals surface area (Å²) in [7, 11) is 1.49. The number of carbonyl (C=O) groups excluding carboxylic acids is 1. The zero-order valence-electron chi connectivity index (χ0n) is 14.2. The summed E-state index contributed by atoms with van der Waals surface area (Å²) in [4.78, 5) is 20.5. The van der Waals surface area contributed by atoms with Crippen LogP contribution in [0.2, 0.25) is 0 Å². The van der Waals surface area contributed by atoms with Crippen molar-refractivity contribution in [3.05, 3.63) is 72.1 Å². The van der Waals surface area contributed by atoms with Crippen LogP contribution in [-0.4, -0.2) is 37.1 Å². The SMILES string of the molecule is CNC(=O)c1ncnn1Cc1c(-c2ccc(F)cc2)nc2ccc(F)cn12. The first-order valence-corrected chi connectivity index (χ1v) is 8.09. The molecule has 0 aliphatic heterocycles. The molecule has 4 aromatic rings. The van der Waals surface area contributed by atoms with E-state index >= 15 is 0 Å². The Labute approximate surface area is 152 Å². The zero-order valence-corrected chi connectivity index (χ0v) is 14.2. The lowest BCUT2D eigenvalue weighted by Crippen LogP contribution is -2.24. The number of amides is 1. The molecule has 0 saturated heterocycles.